The average Bonchev–Trinajstić information content (AvgIpc) is 2.23. The van der Waals surface area contributed by atoms with Gasteiger partial charge in [-0.3, -0.25) is 9.59 Å². The van der Waals surface area contributed by atoms with Gasteiger partial charge in [-0.2, -0.15) is 11.8 Å². The first-order valence-electron chi connectivity index (χ1n) is 4.72. The molecule has 2 N–H and O–H groups in total. The second-order valence-corrected chi connectivity index (χ2v) is 4.15. The van der Waals surface area contributed by atoms with Gasteiger partial charge in [0.05, 0.1) is 12.0 Å². The summed E-state index contributed by atoms with van der Waals surface area (Å²) in [6.07, 6.45) is 2.75. The number of hydrogen-bond donors (Lipinski definition) is 2. The number of carbonyl (C=O) groups excluding carboxylic acids is 3. The molecule has 0 aliphatic carbocycles. The highest BCUT2D eigenvalue weighted by atomic mass is 32.2. The van der Waals surface area contributed by atoms with E-state index in [9.17, 15) is 19.5 Å². The quantitative estimate of drug-likeness (QED) is 0.489. The molecular weight excluding hydrogens is 232 g/mol. The van der Waals surface area contributed by atoms with Crippen molar-refractivity contribution in [1.82, 2.24) is 10.6 Å². The third kappa shape index (κ3) is 5.59. The van der Waals surface area contributed by atoms with Gasteiger partial charge < -0.3 is 20.5 Å². The minimum atomic E-state index is -1.36. The van der Waals surface area contributed by atoms with Gasteiger partial charge in [-0.1, -0.05) is 0 Å². The Balaban J connectivity index is 4.25. The molecule has 0 unspecified atom stereocenters. The molecule has 0 aromatic carbocycles. The molecule has 0 radical (unpaired) electrons. The monoisotopic (exact) mass is 247 g/mol. The summed E-state index contributed by atoms with van der Waals surface area (Å²) in [5, 5.41) is 15.0. The summed E-state index contributed by atoms with van der Waals surface area (Å²) in [7, 11) is 0. The number of hydrogen-bond acceptors (Lipinski definition) is 5. The highest BCUT2D eigenvalue weighted by Gasteiger charge is 2.18. The predicted octanol–water partition coefficient (Wildman–Crippen LogP) is -1.89. The fourth-order valence-corrected chi connectivity index (χ4v) is 1.45. The summed E-state index contributed by atoms with van der Waals surface area (Å²) in [4.78, 5) is 32.2. The number of amides is 2. The van der Waals surface area contributed by atoms with Crippen LogP contribution in [0, 0.1) is 0 Å². The van der Waals surface area contributed by atoms with Crippen LogP contribution in [0.1, 0.15) is 13.3 Å². The van der Waals surface area contributed by atoms with Crippen molar-refractivity contribution in [3.8, 4) is 0 Å². The number of carboxylic acids is 1. The zero-order valence-corrected chi connectivity index (χ0v) is 10.0. The van der Waals surface area contributed by atoms with Crippen LogP contribution in [-0.4, -0.2) is 42.4 Å². The van der Waals surface area contributed by atoms with Crippen LogP contribution in [0.4, 0.5) is 0 Å². The number of rotatable bonds is 8. The minimum absolute atomic E-state index is 0.425. The number of aliphatic carboxylic acids is 1. The summed E-state index contributed by atoms with van der Waals surface area (Å²) in [6, 6.07) is -1.77. The third-order valence-corrected chi connectivity index (χ3v) is 2.55. The average molecular weight is 247 g/mol. The van der Waals surface area contributed by atoms with E-state index in [0.717, 1.165) is 0 Å². The van der Waals surface area contributed by atoms with Gasteiger partial charge in [-0.05, 0) is 25.4 Å². The van der Waals surface area contributed by atoms with Gasteiger partial charge >= 0.3 is 0 Å². The van der Waals surface area contributed by atoms with Crippen molar-refractivity contribution in [2.45, 2.75) is 25.4 Å². The van der Waals surface area contributed by atoms with E-state index in [-0.39, 0.29) is 0 Å². The Kier molecular flexibility index (Phi) is 7.36. The van der Waals surface area contributed by atoms with E-state index in [1.54, 1.807) is 0 Å². The molecule has 6 nitrogen and oxygen atoms in total. The minimum Gasteiger partial charge on any atom is -0.548 e. The molecule has 0 aromatic heterocycles. The third-order valence-electron chi connectivity index (χ3n) is 1.91. The van der Waals surface area contributed by atoms with Gasteiger partial charge in [0.2, 0.25) is 12.3 Å². The maximum atomic E-state index is 11.5. The summed E-state index contributed by atoms with van der Waals surface area (Å²) in [6.45, 7) is 1.31. The molecule has 0 bridgehead atoms. The van der Waals surface area contributed by atoms with Gasteiger partial charge in [-0.15, -0.1) is 0 Å². The molecule has 0 heterocycles. The van der Waals surface area contributed by atoms with Crippen LogP contribution >= 0.6 is 11.8 Å². The van der Waals surface area contributed by atoms with E-state index in [1.165, 1.54) is 18.7 Å². The molecule has 16 heavy (non-hydrogen) atoms. The van der Waals surface area contributed by atoms with Crippen LogP contribution in [0.2, 0.25) is 0 Å². The predicted molar refractivity (Wildman–Crippen MR) is 58.6 cm³/mol. The Morgan fingerprint density at radius 1 is 1.50 bits per heavy atom. The van der Waals surface area contributed by atoms with Crippen LogP contribution in [0.3, 0.4) is 0 Å². The topological polar surface area (TPSA) is 98.3 Å². The van der Waals surface area contributed by atoms with Crippen LogP contribution in [0.5, 0.6) is 0 Å². The zero-order chi connectivity index (χ0) is 12.6. The van der Waals surface area contributed by atoms with Gasteiger partial charge in [0.25, 0.3) is 0 Å². The molecular formula is C9H15N2O4S-. The fourth-order valence-electron chi connectivity index (χ4n) is 0.981. The van der Waals surface area contributed by atoms with Crippen molar-refractivity contribution in [2.75, 3.05) is 12.0 Å². The van der Waals surface area contributed by atoms with Gasteiger partial charge in [0.15, 0.2) is 0 Å². The van der Waals surface area contributed by atoms with Crippen molar-refractivity contribution in [3.63, 3.8) is 0 Å². The molecule has 0 aliphatic heterocycles. The Labute approximate surface area is 98.2 Å². The lowest BCUT2D eigenvalue weighted by molar-refractivity contribution is -0.307. The number of nitrogens with one attached hydrogen (secondary N) is 2. The molecule has 0 aliphatic rings. The first-order chi connectivity index (χ1) is 7.52. The van der Waals surface area contributed by atoms with E-state index in [1.807, 2.05) is 6.26 Å². The van der Waals surface area contributed by atoms with Crippen LogP contribution in [0.25, 0.3) is 0 Å². The van der Waals surface area contributed by atoms with Gasteiger partial charge in [-0.25, -0.2) is 0 Å². The van der Waals surface area contributed by atoms with E-state index in [0.29, 0.717) is 18.6 Å². The standard InChI is InChI=1S/C9H16N2O4S/c1-6(9(14)15)11-8(13)7(10-5-12)3-4-16-2/h5-7H,3-4H2,1-2H3,(H,10,12)(H,11,13)(H,14,15)/p-1/t6-,7-/m0/s1. The van der Waals surface area contributed by atoms with E-state index < -0.39 is 24.0 Å². The van der Waals surface area contributed by atoms with Crippen molar-refractivity contribution >= 4 is 30.0 Å². The van der Waals surface area contributed by atoms with Crippen molar-refractivity contribution in [3.05, 3.63) is 0 Å². The lowest BCUT2D eigenvalue weighted by Gasteiger charge is -2.20. The second-order valence-electron chi connectivity index (χ2n) is 3.17. The Morgan fingerprint density at radius 2 is 2.12 bits per heavy atom. The van der Waals surface area contributed by atoms with Crippen LogP contribution < -0.4 is 15.7 Å². The van der Waals surface area contributed by atoms with Gasteiger partial charge in [0.1, 0.15) is 6.04 Å². The SMILES string of the molecule is CSCC[C@H](NC=O)C(=O)N[C@@H](C)C(=O)[O-]. The summed E-state index contributed by atoms with van der Waals surface area (Å²) in [5.41, 5.74) is 0. The lowest BCUT2D eigenvalue weighted by atomic mass is 10.2. The van der Waals surface area contributed by atoms with Crippen molar-refractivity contribution in [1.29, 1.82) is 0 Å². The van der Waals surface area contributed by atoms with E-state index in [2.05, 4.69) is 10.6 Å². The first kappa shape index (κ1) is 14.8. The Morgan fingerprint density at radius 3 is 2.56 bits per heavy atom. The summed E-state index contributed by atoms with van der Waals surface area (Å²) in [5.74, 6) is -1.18. The maximum absolute atomic E-state index is 11.5. The van der Waals surface area contributed by atoms with Crippen LogP contribution in [0.15, 0.2) is 0 Å². The first-order valence-corrected chi connectivity index (χ1v) is 6.12. The number of carbonyl (C=O) groups is 3. The molecule has 0 rings (SSSR count). The Bertz CT molecular complexity index is 260. The maximum Gasteiger partial charge on any atom is 0.243 e. The van der Waals surface area contributed by atoms with Crippen molar-refractivity contribution < 1.29 is 19.5 Å². The summed E-state index contributed by atoms with van der Waals surface area (Å²) >= 11 is 1.53. The fraction of sp³-hybridized carbons (Fsp3) is 0.667. The van der Waals surface area contributed by atoms with Crippen molar-refractivity contribution in [2.24, 2.45) is 0 Å². The van der Waals surface area contributed by atoms with E-state index in [4.69, 9.17) is 0 Å². The molecule has 2 atom stereocenters. The molecule has 0 spiro atoms. The highest BCUT2D eigenvalue weighted by Crippen LogP contribution is 2.00. The molecule has 0 fully saturated rings. The molecule has 7 heteroatoms. The largest absolute Gasteiger partial charge is 0.548 e. The summed E-state index contributed by atoms with van der Waals surface area (Å²) < 4.78 is 0. The zero-order valence-electron chi connectivity index (χ0n) is 9.19. The highest BCUT2D eigenvalue weighted by molar-refractivity contribution is 7.98. The smallest absolute Gasteiger partial charge is 0.243 e. The number of carboxylic acid groups (broad SMARTS) is 1. The van der Waals surface area contributed by atoms with Crippen LogP contribution in [-0.2, 0) is 14.4 Å². The van der Waals surface area contributed by atoms with Gasteiger partial charge in [0, 0.05) is 0 Å². The molecule has 0 saturated heterocycles. The molecule has 92 valence electrons. The molecule has 0 aromatic rings. The molecule has 2 amide bonds. The van der Waals surface area contributed by atoms with E-state index >= 15 is 0 Å². The molecule has 0 saturated carbocycles. The second kappa shape index (κ2) is 7.98. The lowest BCUT2D eigenvalue weighted by Crippen LogP contribution is -2.52. The normalized spacial score (nSPS) is 13.6. The number of thioether (sulfide) groups is 1. The Hall–Kier alpha value is -1.24.